The summed E-state index contributed by atoms with van der Waals surface area (Å²) in [5.74, 6) is -0.171. The third-order valence-corrected chi connectivity index (χ3v) is 2.73. The average molecular weight is 220 g/mol. The molecule has 2 rings (SSSR count). The van der Waals surface area contributed by atoms with Crippen molar-refractivity contribution in [1.82, 2.24) is 9.88 Å². The lowest BCUT2D eigenvalue weighted by Gasteiger charge is -2.20. The quantitative estimate of drug-likeness (QED) is 0.700. The van der Waals surface area contributed by atoms with Crippen LogP contribution in [0.3, 0.4) is 0 Å². The molecule has 0 unspecified atom stereocenters. The van der Waals surface area contributed by atoms with Crippen LogP contribution >= 0.6 is 0 Å². The van der Waals surface area contributed by atoms with Crippen LogP contribution in [-0.2, 0) is 16.1 Å². The van der Waals surface area contributed by atoms with E-state index >= 15 is 0 Å². The summed E-state index contributed by atoms with van der Waals surface area (Å²) in [5, 5.41) is 0. The molecule has 16 heavy (non-hydrogen) atoms. The fourth-order valence-electron chi connectivity index (χ4n) is 1.71. The highest BCUT2D eigenvalue weighted by atomic mass is 16.5. The van der Waals surface area contributed by atoms with Crippen molar-refractivity contribution in [3.05, 3.63) is 30.1 Å². The van der Waals surface area contributed by atoms with E-state index in [0.717, 1.165) is 12.1 Å². The van der Waals surface area contributed by atoms with E-state index in [1.807, 2.05) is 18.3 Å². The van der Waals surface area contributed by atoms with Crippen molar-refractivity contribution in [3.8, 4) is 0 Å². The second-order valence-electron chi connectivity index (χ2n) is 4.07. The Kier molecular flexibility index (Phi) is 3.51. The number of pyridine rings is 1. The highest BCUT2D eigenvalue weighted by Crippen LogP contribution is 2.27. The van der Waals surface area contributed by atoms with Gasteiger partial charge in [0, 0.05) is 25.0 Å². The number of carbonyl (C=O) groups is 1. The Morgan fingerprint density at radius 2 is 2.44 bits per heavy atom. The normalized spacial score (nSPS) is 15.1. The van der Waals surface area contributed by atoms with Gasteiger partial charge in [0.1, 0.15) is 0 Å². The predicted octanol–water partition coefficient (Wildman–Crippen LogP) is 1.22. The van der Waals surface area contributed by atoms with Gasteiger partial charge in [-0.3, -0.25) is 14.7 Å². The second-order valence-corrected chi connectivity index (χ2v) is 4.07. The molecule has 0 bridgehead atoms. The Morgan fingerprint density at radius 3 is 3.00 bits per heavy atom. The molecular formula is C12H16N2O2. The zero-order chi connectivity index (χ0) is 11.4. The maximum atomic E-state index is 11.3. The summed E-state index contributed by atoms with van der Waals surface area (Å²) in [7, 11) is 1.43. The van der Waals surface area contributed by atoms with Crippen LogP contribution in [-0.4, -0.2) is 35.5 Å². The molecule has 1 fully saturated rings. The largest absolute Gasteiger partial charge is 0.468 e. The van der Waals surface area contributed by atoms with Gasteiger partial charge in [0.05, 0.1) is 13.7 Å². The third kappa shape index (κ3) is 3.03. The van der Waals surface area contributed by atoms with Crippen LogP contribution in [0.4, 0.5) is 0 Å². The molecule has 0 N–H and O–H groups in total. The molecule has 1 aromatic heterocycles. The summed E-state index contributed by atoms with van der Waals surface area (Å²) >= 11 is 0. The van der Waals surface area contributed by atoms with Crippen molar-refractivity contribution in [3.63, 3.8) is 0 Å². The van der Waals surface area contributed by atoms with Gasteiger partial charge in [-0.15, -0.1) is 0 Å². The highest BCUT2D eigenvalue weighted by Gasteiger charge is 2.30. The summed E-state index contributed by atoms with van der Waals surface area (Å²) in [6.45, 7) is 1.14. The average Bonchev–Trinajstić information content (AvgIpc) is 3.13. The fraction of sp³-hybridized carbons (Fsp3) is 0.500. The van der Waals surface area contributed by atoms with E-state index < -0.39 is 0 Å². The third-order valence-electron chi connectivity index (χ3n) is 2.73. The molecular weight excluding hydrogens is 204 g/mol. The van der Waals surface area contributed by atoms with Gasteiger partial charge >= 0.3 is 5.97 Å². The van der Waals surface area contributed by atoms with Crippen molar-refractivity contribution in [2.24, 2.45) is 0 Å². The van der Waals surface area contributed by atoms with Gasteiger partial charge in [0.2, 0.25) is 0 Å². The highest BCUT2D eigenvalue weighted by molar-refractivity contribution is 5.71. The van der Waals surface area contributed by atoms with E-state index in [0.29, 0.717) is 12.6 Å². The van der Waals surface area contributed by atoms with Crippen LogP contribution in [0.1, 0.15) is 18.4 Å². The molecule has 0 spiro atoms. The Balaban J connectivity index is 1.95. The topological polar surface area (TPSA) is 42.4 Å². The Hall–Kier alpha value is -1.42. The molecule has 1 heterocycles. The zero-order valence-corrected chi connectivity index (χ0v) is 9.43. The number of carbonyl (C=O) groups excluding carboxylic acids is 1. The van der Waals surface area contributed by atoms with Gasteiger partial charge < -0.3 is 4.74 Å². The first-order valence-corrected chi connectivity index (χ1v) is 5.49. The molecule has 1 aliphatic carbocycles. The number of rotatable bonds is 5. The molecule has 0 atom stereocenters. The monoisotopic (exact) mass is 220 g/mol. The first-order valence-electron chi connectivity index (χ1n) is 5.49. The maximum absolute atomic E-state index is 11.3. The number of aromatic nitrogens is 1. The van der Waals surface area contributed by atoms with Crippen molar-refractivity contribution < 1.29 is 9.53 Å². The maximum Gasteiger partial charge on any atom is 0.319 e. The first-order chi connectivity index (χ1) is 7.79. The first kappa shape index (κ1) is 11.1. The van der Waals surface area contributed by atoms with E-state index in [9.17, 15) is 4.79 Å². The van der Waals surface area contributed by atoms with E-state index in [1.165, 1.54) is 20.0 Å². The molecule has 0 aromatic carbocycles. The molecule has 1 aromatic rings. The molecule has 1 saturated carbocycles. The summed E-state index contributed by atoms with van der Waals surface area (Å²) in [5.41, 5.74) is 1.14. The van der Waals surface area contributed by atoms with Gasteiger partial charge in [-0.1, -0.05) is 6.07 Å². The number of hydrogen-bond donors (Lipinski definition) is 0. The van der Waals surface area contributed by atoms with Crippen LogP contribution in [0.25, 0.3) is 0 Å². The molecule has 4 nitrogen and oxygen atoms in total. The van der Waals surface area contributed by atoms with E-state index in [-0.39, 0.29) is 5.97 Å². The predicted molar refractivity (Wildman–Crippen MR) is 59.7 cm³/mol. The zero-order valence-electron chi connectivity index (χ0n) is 9.43. The summed E-state index contributed by atoms with van der Waals surface area (Å²) in [6.07, 6.45) is 5.95. The van der Waals surface area contributed by atoms with Gasteiger partial charge in [-0.2, -0.15) is 0 Å². The number of esters is 1. The number of hydrogen-bond acceptors (Lipinski definition) is 4. The lowest BCUT2D eigenvalue weighted by atomic mass is 10.2. The number of ether oxygens (including phenoxy) is 1. The van der Waals surface area contributed by atoms with Crippen molar-refractivity contribution in [2.45, 2.75) is 25.4 Å². The van der Waals surface area contributed by atoms with Crippen LogP contribution in [0.2, 0.25) is 0 Å². The summed E-state index contributed by atoms with van der Waals surface area (Å²) in [4.78, 5) is 17.5. The minimum absolute atomic E-state index is 0.171. The van der Waals surface area contributed by atoms with Crippen LogP contribution < -0.4 is 0 Å². The minimum atomic E-state index is -0.171. The minimum Gasteiger partial charge on any atom is -0.468 e. The standard InChI is InChI=1S/C12H16N2O2/c1-16-12(15)9-14(11-4-5-11)8-10-3-2-6-13-7-10/h2-3,6-7,11H,4-5,8-9H2,1H3. The fourth-order valence-corrected chi connectivity index (χ4v) is 1.71. The lowest BCUT2D eigenvalue weighted by molar-refractivity contribution is -0.142. The second kappa shape index (κ2) is 5.07. The smallest absolute Gasteiger partial charge is 0.319 e. The van der Waals surface area contributed by atoms with Gasteiger partial charge in [-0.25, -0.2) is 0 Å². The van der Waals surface area contributed by atoms with Crippen molar-refractivity contribution >= 4 is 5.97 Å². The summed E-state index contributed by atoms with van der Waals surface area (Å²) < 4.78 is 4.70. The molecule has 0 amide bonds. The Morgan fingerprint density at radius 1 is 1.62 bits per heavy atom. The number of nitrogens with zero attached hydrogens (tertiary/aromatic N) is 2. The van der Waals surface area contributed by atoms with Crippen molar-refractivity contribution in [1.29, 1.82) is 0 Å². The van der Waals surface area contributed by atoms with Gasteiger partial charge in [-0.05, 0) is 24.5 Å². The Labute approximate surface area is 95.2 Å². The van der Waals surface area contributed by atoms with Crippen LogP contribution in [0.15, 0.2) is 24.5 Å². The van der Waals surface area contributed by atoms with Crippen LogP contribution in [0.5, 0.6) is 0 Å². The number of methoxy groups -OCH3 is 1. The van der Waals surface area contributed by atoms with E-state index in [4.69, 9.17) is 4.74 Å². The van der Waals surface area contributed by atoms with Gasteiger partial charge in [0.25, 0.3) is 0 Å². The SMILES string of the molecule is COC(=O)CN(Cc1cccnc1)C1CC1. The van der Waals surface area contributed by atoms with Crippen molar-refractivity contribution in [2.75, 3.05) is 13.7 Å². The van der Waals surface area contributed by atoms with Gasteiger partial charge in [0.15, 0.2) is 0 Å². The molecule has 86 valence electrons. The molecule has 1 aliphatic rings. The van der Waals surface area contributed by atoms with E-state index in [1.54, 1.807) is 6.20 Å². The molecule has 0 saturated heterocycles. The van der Waals surface area contributed by atoms with Crippen LogP contribution in [0, 0.1) is 0 Å². The van der Waals surface area contributed by atoms with E-state index in [2.05, 4.69) is 9.88 Å². The molecule has 4 heteroatoms. The summed E-state index contributed by atoms with van der Waals surface area (Å²) in [6, 6.07) is 4.48. The molecule has 0 radical (unpaired) electrons. The molecule has 0 aliphatic heterocycles. The lowest BCUT2D eigenvalue weighted by Crippen LogP contribution is -2.32. The Bertz CT molecular complexity index is 349.